The largest absolute Gasteiger partial charge is 0.470 e. The van der Waals surface area contributed by atoms with E-state index in [4.69, 9.17) is 9.51 Å². The maximum Gasteiger partial charge on any atom is 0.470 e. The van der Waals surface area contributed by atoms with Crippen LogP contribution in [0.1, 0.15) is 94.7 Å². The molecule has 2 amide bonds. The molecule has 382 valence electrons. The number of piperidine rings is 2. The van der Waals surface area contributed by atoms with Gasteiger partial charge in [0.15, 0.2) is 5.82 Å². The van der Waals surface area contributed by atoms with E-state index in [1.807, 2.05) is 40.1 Å². The number of hydrogen-bond acceptors (Lipinski definition) is 13. The number of rotatable bonds is 13. The minimum atomic E-state index is -4.73. The van der Waals surface area contributed by atoms with Gasteiger partial charge in [-0.3, -0.25) is 28.8 Å². The Kier molecular flexibility index (Phi) is 13.8. The topological polar surface area (TPSA) is 214 Å². The minimum Gasteiger partial charge on any atom is -0.394 e. The summed E-state index contributed by atoms with van der Waals surface area (Å²) in [5.74, 6) is 0.230. The number of nitrogens with zero attached hydrogens (tertiary/aromatic N) is 9. The van der Waals surface area contributed by atoms with Gasteiger partial charge in [0, 0.05) is 100 Å². The summed E-state index contributed by atoms with van der Waals surface area (Å²) in [6.07, 6.45) is 9.86. The standard InChI is InChI=1S/C51H70N11O8P/c1-9-46(64)54-38-25-35(12-13-39(38)59-20-19-57(29-33(59)3)36-15-18-58(32(2)23-36)37-14-16-52-44(26-37)51(6,7)70-71(67,68)69)53-47-49(66)56(8)30-45(55-47)61-17-10-11-40(43(61)31-63)62-22-21-60-41(48(62)65)24-34-27-50(4,5)28-42(34)60/h9,12-14,16,24-26,30,32-33,36,40,43,63H,1,10-11,15,17-23,27-29,31H2,2-8H3,(H,53,55)(H,54,64)(H2,67,68,69)/t32-,33+,36?,40?,43?/m1/s1. The molecule has 0 spiro atoms. The number of benzene rings is 1. The maximum absolute atomic E-state index is 14.2. The lowest BCUT2D eigenvalue weighted by Crippen LogP contribution is -2.60. The molecular weight excluding hydrogens is 926 g/mol. The van der Waals surface area contributed by atoms with Gasteiger partial charge in [0.05, 0.1) is 35.8 Å². The van der Waals surface area contributed by atoms with E-state index in [2.05, 4.69) is 75.2 Å². The van der Waals surface area contributed by atoms with Gasteiger partial charge in [-0.2, -0.15) is 0 Å². The number of phosphoric ester groups is 1. The number of carbonyl (C=O) groups excluding carboxylic acids is 2. The Morgan fingerprint density at radius 3 is 2.46 bits per heavy atom. The van der Waals surface area contributed by atoms with E-state index in [0.717, 1.165) is 81.8 Å². The summed E-state index contributed by atoms with van der Waals surface area (Å²) in [7, 11) is -3.06. The predicted octanol–water partition coefficient (Wildman–Crippen LogP) is 5.37. The summed E-state index contributed by atoms with van der Waals surface area (Å²) in [6, 6.07) is 11.5. The van der Waals surface area contributed by atoms with Crippen molar-refractivity contribution >= 4 is 54.0 Å². The summed E-state index contributed by atoms with van der Waals surface area (Å²) in [5, 5.41) is 17.2. The second kappa shape index (κ2) is 19.5. The Balaban J connectivity index is 0.881. The number of carbonyl (C=O) groups is 2. The second-order valence-corrected chi connectivity index (χ2v) is 22.6. The fourth-order valence-corrected chi connectivity index (χ4v) is 12.7. The van der Waals surface area contributed by atoms with E-state index in [9.17, 15) is 33.8 Å². The Labute approximate surface area is 415 Å². The van der Waals surface area contributed by atoms with Crippen LogP contribution in [0.15, 0.2) is 66.2 Å². The zero-order valence-electron chi connectivity index (χ0n) is 42.0. The second-order valence-electron chi connectivity index (χ2n) is 21.5. The zero-order chi connectivity index (χ0) is 50.7. The van der Waals surface area contributed by atoms with Gasteiger partial charge in [0.2, 0.25) is 5.91 Å². The molecule has 19 nitrogen and oxygen atoms in total. The van der Waals surface area contributed by atoms with Crippen LogP contribution in [0.25, 0.3) is 0 Å². The number of aromatic nitrogens is 4. The third kappa shape index (κ3) is 10.3. The first kappa shape index (κ1) is 50.4. The molecule has 3 aromatic heterocycles. The van der Waals surface area contributed by atoms with Gasteiger partial charge in [-0.1, -0.05) is 20.4 Å². The SMILES string of the molecule is C=CC(=O)Nc1cc(Nc2nc(N3CCCC(N4CCn5c(cc6c5CC(C)(C)C6)C4=O)C3CO)cn(C)c2=O)ccc1N1CCN(C2CCN(c3ccnc(C(C)(C)OP(=O)(O)O)c3)[C@H](C)C2)C[C@@H]1C. The van der Waals surface area contributed by atoms with Gasteiger partial charge in [-0.05, 0) is 120 Å². The Hall–Kier alpha value is -5.56. The van der Waals surface area contributed by atoms with Crippen LogP contribution in [0.3, 0.4) is 0 Å². The van der Waals surface area contributed by atoms with Crippen LogP contribution in [0.2, 0.25) is 0 Å². The number of phosphoric acid groups is 1. The lowest BCUT2D eigenvalue weighted by molar-refractivity contribution is -0.111. The van der Waals surface area contributed by atoms with Crippen molar-refractivity contribution in [2.24, 2.45) is 12.5 Å². The van der Waals surface area contributed by atoms with Crippen molar-refractivity contribution in [2.45, 2.75) is 122 Å². The van der Waals surface area contributed by atoms with Crippen molar-refractivity contribution in [2.75, 3.05) is 71.2 Å². The first-order chi connectivity index (χ1) is 33.6. The van der Waals surface area contributed by atoms with Crippen LogP contribution in [0.4, 0.5) is 34.4 Å². The smallest absolute Gasteiger partial charge is 0.394 e. The summed E-state index contributed by atoms with van der Waals surface area (Å²) in [5.41, 5.74) is 5.14. The molecule has 9 rings (SSSR count). The fraction of sp³-hybridized carbons (Fsp3) is 0.549. The van der Waals surface area contributed by atoms with Crippen molar-refractivity contribution in [1.82, 2.24) is 28.9 Å². The molecule has 3 saturated heterocycles. The van der Waals surface area contributed by atoms with E-state index in [0.29, 0.717) is 48.6 Å². The minimum absolute atomic E-state index is 0.00402. The summed E-state index contributed by atoms with van der Waals surface area (Å²) in [6.45, 7) is 20.6. The van der Waals surface area contributed by atoms with Crippen molar-refractivity contribution in [3.05, 3.63) is 94.4 Å². The normalized spacial score (nSPS) is 23.9. The van der Waals surface area contributed by atoms with Crippen LogP contribution in [0.5, 0.6) is 0 Å². The van der Waals surface area contributed by atoms with E-state index in [1.165, 1.54) is 21.9 Å². The fourth-order valence-electron chi connectivity index (χ4n) is 12.1. The number of aryl methyl sites for hydroxylation is 1. The highest BCUT2D eigenvalue weighted by atomic mass is 31.2. The molecule has 0 bridgehead atoms. The zero-order valence-corrected chi connectivity index (χ0v) is 42.9. The van der Waals surface area contributed by atoms with Crippen LogP contribution in [0, 0.1) is 5.41 Å². The number of piperazine rings is 1. The van der Waals surface area contributed by atoms with E-state index >= 15 is 0 Å². The number of aliphatic hydroxyl groups excluding tert-OH is 1. The number of pyridine rings is 1. The highest BCUT2D eigenvalue weighted by molar-refractivity contribution is 7.46. The van der Waals surface area contributed by atoms with Gasteiger partial charge >= 0.3 is 7.82 Å². The molecule has 0 saturated carbocycles. The first-order valence-electron chi connectivity index (χ1n) is 25.0. The Bertz CT molecular complexity index is 2810. The summed E-state index contributed by atoms with van der Waals surface area (Å²) >= 11 is 0. The van der Waals surface area contributed by atoms with Crippen molar-refractivity contribution < 1.29 is 33.6 Å². The number of amides is 2. The predicted molar refractivity (Wildman–Crippen MR) is 275 cm³/mol. The number of anilines is 6. The molecule has 1 aliphatic carbocycles. The number of hydrogen-bond donors (Lipinski definition) is 5. The quantitative estimate of drug-likeness (QED) is 0.0842. The summed E-state index contributed by atoms with van der Waals surface area (Å²) in [4.78, 5) is 80.2. The van der Waals surface area contributed by atoms with Crippen LogP contribution in [-0.2, 0) is 45.9 Å². The molecule has 20 heteroatoms. The third-order valence-electron chi connectivity index (χ3n) is 15.4. The molecule has 5 N–H and O–H groups in total. The summed E-state index contributed by atoms with van der Waals surface area (Å²) < 4.78 is 20.4. The van der Waals surface area contributed by atoms with Gasteiger partial charge in [-0.15, -0.1) is 0 Å². The van der Waals surface area contributed by atoms with Gasteiger partial charge < -0.3 is 54.3 Å². The first-order valence-corrected chi connectivity index (χ1v) is 26.5. The van der Waals surface area contributed by atoms with Crippen LogP contribution in [-0.4, -0.2) is 132 Å². The van der Waals surface area contributed by atoms with Crippen molar-refractivity contribution in [1.29, 1.82) is 0 Å². The lowest BCUT2D eigenvalue weighted by atomic mass is 9.90. The molecule has 71 heavy (non-hydrogen) atoms. The Morgan fingerprint density at radius 2 is 1.75 bits per heavy atom. The average Bonchev–Trinajstić information content (AvgIpc) is 3.81. The molecule has 3 fully saturated rings. The average molecular weight is 996 g/mol. The molecule has 5 atom stereocenters. The maximum atomic E-state index is 14.2. The lowest BCUT2D eigenvalue weighted by Gasteiger charge is -2.48. The van der Waals surface area contributed by atoms with Crippen molar-refractivity contribution in [3.63, 3.8) is 0 Å². The molecule has 7 heterocycles. The van der Waals surface area contributed by atoms with Gasteiger partial charge in [0.25, 0.3) is 11.5 Å². The number of nitrogens with one attached hydrogen (secondary N) is 2. The highest BCUT2D eigenvalue weighted by Gasteiger charge is 2.43. The Morgan fingerprint density at radius 1 is 0.972 bits per heavy atom. The van der Waals surface area contributed by atoms with Crippen LogP contribution >= 0.6 is 7.82 Å². The molecular formula is C51H70N11O8P. The van der Waals surface area contributed by atoms with Crippen LogP contribution < -0.4 is 30.9 Å². The number of fused-ring (bicyclic) bond motifs is 3. The number of aliphatic hydroxyl groups is 1. The van der Waals surface area contributed by atoms with E-state index in [1.54, 1.807) is 33.3 Å². The molecule has 3 unspecified atom stereocenters. The molecule has 0 radical (unpaired) electrons. The molecule has 4 aromatic rings. The van der Waals surface area contributed by atoms with Crippen molar-refractivity contribution in [3.8, 4) is 0 Å². The van der Waals surface area contributed by atoms with Gasteiger partial charge in [0.1, 0.15) is 17.1 Å². The highest BCUT2D eigenvalue weighted by Crippen LogP contribution is 2.46. The molecule has 1 aromatic carbocycles. The third-order valence-corrected chi connectivity index (χ3v) is 16.1. The monoisotopic (exact) mass is 996 g/mol. The molecule has 4 aliphatic heterocycles. The molecule has 5 aliphatic rings. The van der Waals surface area contributed by atoms with Gasteiger partial charge in [-0.25, -0.2) is 9.55 Å². The van der Waals surface area contributed by atoms with E-state index in [-0.39, 0.29) is 53.3 Å². The van der Waals surface area contributed by atoms with E-state index < -0.39 is 19.5 Å².